The van der Waals surface area contributed by atoms with Gasteiger partial charge in [0, 0.05) is 6.42 Å². The third-order valence-electron chi connectivity index (χ3n) is 10.3. The van der Waals surface area contributed by atoms with Gasteiger partial charge in [0.2, 0.25) is 53.2 Å². The number of rotatable bonds is 34. The number of benzene rings is 1. The zero-order chi connectivity index (χ0) is 54.0. The van der Waals surface area contributed by atoms with Crippen LogP contribution in [0.2, 0.25) is 0 Å². The number of carboxylic acids is 3. The third-order valence-corrected chi connectivity index (χ3v) is 11.6. The predicted molar refractivity (Wildman–Crippen MR) is 255 cm³/mol. The van der Waals surface area contributed by atoms with Gasteiger partial charge in [-0.05, 0) is 60.5 Å². The van der Waals surface area contributed by atoms with E-state index in [1.165, 1.54) is 47.8 Å². The number of aliphatic carboxylic acids is 3. The van der Waals surface area contributed by atoms with Gasteiger partial charge >= 0.3 is 17.9 Å². The van der Waals surface area contributed by atoms with Crippen molar-refractivity contribution in [3.05, 3.63) is 29.8 Å². The molecular formula is C42H64N10O17S2. The summed E-state index contributed by atoms with van der Waals surface area (Å²) < 4.78 is 0. The number of amides is 9. The van der Waals surface area contributed by atoms with Crippen molar-refractivity contribution in [2.75, 3.05) is 37.2 Å². The van der Waals surface area contributed by atoms with Gasteiger partial charge in [-0.1, -0.05) is 32.4 Å². The fraction of sp³-hybridized carbons (Fsp3) is 0.571. The highest BCUT2D eigenvalue weighted by Crippen LogP contribution is 2.14. The van der Waals surface area contributed by atoms with Gasteiger partial charge in [0.05, 0.1) is 31.9 Å². The molecular weight excluding hydrogens is 981 g/mol. The fourth-order valence-electron chi connectivity index (χ4n) is 6.23. The van der Waals surface area contributed by atoms with Crippen LogP contribution in [0, 0.1) is 5.92 Å². The van der Waals surface area contributed by atoms with Gasteiger partial charge in [-0.15, -0.1) is 0 Å². The van der Waals surface area contributed by atoms with Gasteiger partial charge in [0.1, 0.15) is 54.6 Å². The first-order valence-electron chi connectivity index (χ1n) is 21.8. The topological polar surface area (TPSA) is 454 Å². The molecule has 0 radical (unpaired) electrons. The molecule has 29 heteroatoms. The first-order valence-corrected chi connectivity index (χ1v) is 24.6. The van der Waals surface area contributed by atoms with E-state index in [2.05, 4.69) is 42.5 Å². The number of nitrogens with two attached hydrogens (primary N) is 2. The van der Waals surface area contributed by atoms with Gasteiger partial charge in [-0.25, -0.2) is 0 Å². The van der Waals surface area contributed by atoms with E-state index in [1.807, 2.05) is 0 Å². The van der Waals surface area contributed by atoms with E-state index in [0.717, 1.165) is 0 Å². The number of aliphatic hydroxyl groups is 1. The Kier molecular flexibility index (Phi) is 28.3. The Morgan fingerprint density at radius 1 is 0.563 bits per heavy atom. The van der Waals surface area contributed by atoms with E-state index in [0.29, 0.717) is 17.1 Å². The first-order chi connectivity index (χ1) is 33.4. The maximum atomic E-state index is 13.9. The Morgan fingerprint density at radius 3 is 1.49 bits per heavy atom. The van der Waals surface area contributed by atoms with Crippen LogP contribution in [-0.2, 0) is 64.0 Å². The molecule has 1 aromatic rings. The molecule has 17 N–H and O–H groups in total. The molecule has 0 heterocycles. The number of primary amides is 1. The summed E-state index contributed by atoms with van der Waals surface area (Å²) in [5, 5.41) is 66.1. The van der Waals surface area contributed by atoms with Crippen LogP contribution in [0.15, 0.2) is 24.3 Å². The molecule has 0 aliphatic rings. The molecule has 396 valence electrons. The molecule has 0 aliphatic carbocycles. The van der Waals surface area contributed by atoms with Gasteiger partial charge in [-0.3, -0.25) is 57.5 Å². The van der Waals surface area contributed by atoms with Crippen molar-refractivity contribution in [3.63, 3.8) is 0 Å². The van der Waals surface area contributed by atoms with Crippen LogP contribution in [0.25, 0.3) is 0 Å². The summed E-state index contributed by atoms with van der Waals surface area (Å²) in [5.41, 5.74) is 11.3. The van der Waals surface area contributed by atoms with Gasteiger partial charge < -0.3 is 79.5 Å². The molecule has 0 fully saturated rings. The van der Waals surface area contributed by atoms with Crippen LogP contribution < -0.4 is 54.0 Å². The number of aromatic hydroxyl groups is 1. The molecule has 0 saturated heterocycles. The van der Waals surface area contributed by atoms with Crippen molar-refractivity contribution >= 4 is 94.6 Å². The second kappa shape index (κ2) is 32.2. The van der Waals surface area contributed by atoms with E-state index in [-0.39, 0.29) is 25.0 Å². The highest BCUT2D eigenvalue weighted by atomic mass is 32.2. The van der Waals surface area contributed by atoms with E-state index in [4.69, 9.17) is 21.7 Å². The van der Waals surface area contributed by atoms with Gasteiger partial charge in [0.15, 0.2) is 0 Å². The van der Waals surface area contributed by atoms with Crippen LogP contribution in [0.3, 0.4) is 0 Å². The summed E-state index contributed by atoms with van der Waals surface area (Å²) in [6.07, 6.45) is 0.571. The number of hydrogen-bond acceptors (Lipinski definition) is 17. The molecule has 9 atom stereocenters. The lowest BCUT2D eigenvalue weighted by Gasteiger charge is -2.29. The van der Waals surface area contributed by atoms with Crippen molar-refractivity contribution in [2.24, 2.45) is 17.4 Å². The van der Waals surface area contributed by atoms with Crippen molar-refractivity contribution in [1.82, 2.24) is 42.5 Å². The maximum absolute atomic E-state index is 13.9. The Balaban J connectivity index is 3.47. The molecule has 71 heavy (non-hydrogen) atoms. The van der Waals surface area contributed by atoms with E-state index in [9.17, 15) is 72.9 Å². The maximum Gasteiger partial charge on any atom is 0.322 e. The van der Waals surface area contributed by atoms with Crippen LogP contribution in [0.1, 0.15) is 57.9 Å². The molecule has 1 rings (SSSR count). The summed E-state index contributed by atoms with van der Waals surface area (Å²) >= 11 is 2.59. The molecule has 0 unspecified atom stereocenters. The molecule has 27 nitrogen and oxygen atoms in total. The van der Waals surface area contributed by atoms with Crippen LogP contribution in [-0.4, -0.2) is 182 Å². The Morgan fingerprint density at radius 2 is 1.00 bits per heavy atom. The minimum atomic E-state index is -1.97. The lowest BCUT2D eigenvalue weighted by Crippen LogP contribution is -2.62. The Labute approximate surface area is 416 Å². The van der Waals surface area contributed by atoms with Crippen LogP contribution >= 0.6 is 23.5 Å². The second-order valence-electron chi connectivity index (χ2n) is 15.9. The highest BCUT2D eigenvalue weighted by Gasteiger charge is 2.36. The van der Waals surface area contributed by atoms with Crippen LogP contribution in [0.4, 0.5) is 0 Å². The average Bonchev–Trinajstić information content (AvgIpc) is 3.30. The number of carboxylic acid groups (broad SMARTS) is 3. The normalized spacial score (nSPS) is 14.7. The number of hydrogen-bond donors (Lipinski definition) is 15. The van der Waals surface area contributed by atoms with Gasteiger partial charge in [-0.2, -0.15) is 23.5 Å². The van der Waals surface area contributed by atoms with Crippen molar-refractivity contribution in [3.8, 4) is 5.75 Å². The second-order valence-corrected chi connectivity index (χ2v) is 17.9. The van der Waals surface area contributed by atoms with Crippen LogP contribution in [0.5, 0.6) is 5.75 Å². The van der Waals surface area contributed by atoms with Crippen molar-refractivity contribution < 1.29 is 83.1 Å². The molecule has 0 aromatic heterocycles. The summed E-state index contributed by atoms with van der Waals surface area (Å²) in [6.45, 7) is 1.23. The summed E-state index contributed by atoms with van der Waals surface area (Å²) in [4.78, 5) is 154. The number of thioether (sulfide) groups is 2. The van der Waals surface area contributed by atoms with E-state index in [1.54, 1.807) is 26.4 Å². The predicted octanol–water partition coefficient (Wildman–Crippen LogP) is -4.77. The summed E-state index contributed by atoms with van der Waals surface area (Å²) in [6, 6.07) is -7.85. The number of phenols is 1. The number of carbonyl (C=O) groups excluding carboxylic acids is 9. The lowest BCUT2D eigenvalue weighted by atomic mass is 9.97. The van der Waals surface area contributed by atoms with E-state index >= 15 is 0 Å². The quantitative estimate of drug-likeness (QED) is 0.0308. The fourth-order valence-corrected chi connectivity index (χ4v) is 7.17. The minimum Gasteiger partial charge on any atom is -0.508 e. The Bertz CT molecular complexity index is 2050. The number of nitrogens with one attached hydrogen (secondary N) is 8. The smallest absolute Gasteiger partial charge is 0.322 e. The zero-order valence-corrected chi connectivity index (χ0v) is 41.0. The third kappa shape index (κ3) is 23.6. The monoisotopic (exact) mass is 1040 g/mol. The van der Waals surface area contributed by atoms with E-state index < -0.39 is 164 Å². The minimum absolute atomic E-state index is 0.00995. The lowest BCUT2D eigenvalue weighted by molar-refractivity contribution is -0.142. The first kappa shape index (κ1) is 62.3. The highest BCUT2D eigenvalue weighted by molar-refractivity contribution is 7.98. The SMILES string of the molecule is CC[C@H](C)[C@H](NC(=O)[C@H](CCSC)NC(=O)[C@@H](N)CC(=O)O)C(=O)N[C@@H](CC(=O)O)C(=O)N[C@@H](CO)C(=O)N[C@@H](Cc1ccc(O)cc1)C(=O)N[C@@H](CC(N)=O)C(=O)N[C@@H](CCSC)C(=O)NCC(=O)O. The standard InChI is InChI=1S/C42H64N10O17S2/c1-5-20(2)34(52-37(64)25(11-13-71-4)46-35(62)23(43)15-31(56)57)42(69)50-28(17-32(58)59)40(67)51-29(19-53)41(68)48-26(14-21-6-8-22(54)9-7-21)38(65)49-27(16-30(44)55)39(66)47-24(10-12-70-3)36(63)45-18-33(60)61/h6-9,20,23-29,34,53-54H,5,10-19,43H2,1-4H3,(H2,44,55)(H,45,63)(H,46,62)(H,47,66)(H,48,68)(H,49,65)(H,50,69)(H,51,67)(H,52,64)(H,56,57)(H,58,59)(H,60,61)/t20-,23-,24-,25-,26-,27-,28-,29-,34-/m0/s1. The molecule has 9 amide bonds. The molecule has 1 aromatic carbocycles. The number of aliphatic hydroxyl groups excluding tert-OH is 1. The molecule has 0 spiro atoms. The largest absolute Gasteiger partial charge is 0.508 e. The zero-order valence-electron chi connectivity index (χ0n) is 39.4. The summed E-state index contributed by atoms with van der Waals surface area (Å²) in [7, 11) is 0. The molecule has 0 bridgehead atoms. The number of carbonyl (C=O) groups is 12. The number of phenolic OH excluding ortho intramolecular Hbond substituents is 1. The van der Waals surface area contributed by atoms with Crippen molar-refractivity contribution in [1.29, 1.82) is 0 Å². The molecule has 0 saturated carbocycles. The summed E-state index contributed by atoms with van der Waals surface area (Å²) in [5.74, 6) is -14.4. The molecule has 0 aliphatic heterocycles. The Hall–Kier alpha value is -6.72. The average molecular weight is 1050 g/mol. The van der Waals surface area contributed by atoms with Gasteiger partial charge in [0.25, 0.3) is 0 Å². The van der Waals surface area contributed by atoms with Crippen molar-refractivity contribution in [2.45, 2.75) is 107 Å².